The number of amides is 1. The van der Waals surface area contributed by atoms with Crippen LogP contribution in [-0.2, 0) is 0 Å². The van der Waals surface area contributed by atoms with Crippen molar-refractivity contribution >= 4 is 11.7 Å². The second-order valence-corrected chi connectivity index (χ2v) is 6.25. The molecular formula is C18H25N5O. The van der Waals surface area contributed by atoms with Gasteiger partial charge in [-0.15, -0.1) is 0 Å². The smallest absolute Gasteiger partial charge is 0.256 e. The lowest BCUT2D eigenvalue weighted by molar-refractivity contribution is 0.0951. The van der Waals surface area contributed by atoms with Crippen LogP contribution < -0.4 is 10.2 Å². The zero-order valence-corrected chi connectivity index (χ0v) is 15.0. The molecule has 0 aliphatic rings. The number of carbonyl (C=O) groups is 1. The second kappa shape index (κ2) is 7.88. The van der Waals surface area contributed by atoms with E-state index in [0.717, 1.165) is 17.7 Å². The van der Waals surface area contributed by atoms with E-state index in [2.05, 4.69) is 15.3 Å². The Morgan fingerprint density at radius 1 is 1.21 bits per heavy atom. The molecule has 1 heterocycles. The summed E-state index contributed by atoms with van der Waals surface area (Å²) in [5.74, 6) is 1.08. The van der Waals surface area contributed by atoms with Gasteiger partial charge in [0.25, 0.3) is 5.91 Å². The Kier molecular flexibility index (Phi) is 5.87. The maximum absolute atomic E-state index is 12.4. The quantitative estimate of drug-likeness (QED) is 0.877. The molecule has 6 nitrogen and oxygen atoms in total. The van der Waals surface area contributed by atoms with Gasteiger partial charge in [0, 0.05) is 38.9 Å². The fourth-order valence-electron chi connectivity index (χ4n) is 2.29. The summed E-state index contributed by atoms with van der Waals surface area (Å²) in [5.41, 5.74) is 2.57. The molecule has 0 radical (unpaired) electrons. The van der Waals surface area contributed by atoms with Crippen LogP contribution in [0.3, 0.4) is 0 Å². The Labute approximate surface area is 143 Å². The molecule has 0 bridgehead atoms. The minimum absolute atomic E-state index is 0.156. The number of aryl methyl sites for hydroxylation is 1. The fraction of sp³-hybridized carbons (Fsp3) is 0.389. The van der Waals surface area contributed by atoms with E-state index >= 15 is 0 Å². The Hall–Kier alpha value is -2.47. The Morgan fingerprint density at radius 3 is 2.58 bits per heavy atom. The van der Waals surface area contributed by atoms with Crippen LogP contribution in [0.2, 0.25) is 0 Å². The summed E-state index contributed by atoms with van der Waals surface area (Å²) in [5, 5.41) is 2.91. The zero-order chi connectivity index (χ0) is 17.7. The lowest BCUT2D eigenvalue weighted by Crippen LogP contribution is -2.32. The Bertz CT molecular complexity index is 712. The lowest BCUT2D eigenvalue weighted by Gasteiger charge is -2.17. The van der Waals surface area contributed by atoms with E-state index < -0.39 is 0 Å². The summed E-state index contributed by atoms with van der Waals surface area (Å²) < 4.78 is 0. The summed E-state index contributed by atoms with van der Waals surface area (Å²) in [6, 6.07) is 8.01. The van der Waals surface area contributed by atoms with Gasteiger partial charge in [-0.05, 0) is 27.1 Å². The van der Waals surface area contributed by atoms with Crippen molar-refractivity contribution in [2.45, 2.75) is 6.92 Å². The van der Waals surface area contributed by atoms with Gasteiger partial charge in [-0.3, -0.25) is 4.79 Å². The number of anilines is 1. The van der Waals surface area contributed by atoms with Crippen molar-refractivity contribution in [2.75, 3.05) is 46.2 Å². The molecule has 1 aromatic heterocycles. The first kappa shape index (κ1) is 17.9. The van der Waals surface area contributed by atoms with Crippen LogP contribution in [0.5, 0.6) is 0 Å². The largest absolute Gasteiger partial charge is 0.362 e. The van der Waals surface area contributed by atoms with Crippen LogP contribution >= 0.6 is 0 Å². The van der Waals surface area contributed by atoms with Crippen LogP contribution in [0, 0.1) is 6.92 Å². The molecule has 0 aliphatic carbocycles. The van der Waals surface area contributed by atoms with E-state index in [9.17, 15) is 4.79 Å². The predicted octanol–water partition coefficient (Wildman–Crippen LogP) is 1.81. The number of likely N-dealkylation sites (N-methyl/N-ethyl adjacent to an activating group) is 1. The lowest BCUT2D eigenvalue weighted by atomic mass is 10.1. The molecule has 1 aromatic carbocycles. The number of benzene rings is 1. The third kappa shape index (κ3) is 4.52. The minimum Gasteiger partial charge on any atom is -0.362 e. The number of hydrogen-bond donors (Lipinski definition) is 1. The number of nitrogens with one attached hydrogen (secondary N) is 1. The molecule has 0 fully saturated rings. The maximum Gasteiger partial charge on any atom is 0.256 e. The third-order valence-corrected chi connectivity index (χ3v) is 3.56. The molecule has 24 heavy (non-hydrogen) atoms. The van der Waals surface area contributed by atoms with Gasteiger partial charge in [0.15, 0.2) is 5.82 Å². The van der Waals surface area contributed by atoms with Crippen molar-refractivity contribution in [3.63, 3.8) is 0 Å². The summed E-state index contributed by atoms with van der Waals surface area (Å²) >= 11 is 0. The van der Waals surface area contributed by atoms with Crippen LogP contribution in [-0.4, -0.2) is 62.1 Å². The molecule has 0 unspecified atom stereocenters. The van der Waals surface area contributed by atoms with E-state index in [1.54, 1.807) is 6.20 Å². The van der Waals surface area contributed by atoms with Gasteiger partial charge in [-0.25, -0.2) is 9.97 Å². The fourth-order valence-corrected chi connectivity index (χ4v) is 2.29. The normalized spacial score (nSPS) is 10.8. The highest BCUT2D eigenvalue weighted by Crippen LogP contribution is 2.21. The van der Waals surface area contributed by atoms with Gasteiger partial charge in [-0.1, -0.05) is 23.8 Å². The number of aromatic nitrogens is 2. The first-order chi connectivity index (χ1) is 11.4. The molecule has 1 N–H and O–H groups in total. The molecule has 2 rings (SSSR count). The van der Waals surface area contributed by atoms with Crippen LogP contribution in [0.1, 0.15) is 15.9 Å². The number of nitrogens with zero attached hydrogens (tertiary/aromatic N) is 4. The molecule has 0 saturated heterocycles. The SMILES string of the molecule is Cc1cccc(-c2ncc(C(=O)NCCN(C)C)c(N(C)C)n2)c1. The number of rotatable bonds is 6. The van der Waals surface area contributed by atoms with Crippen molar-refractivity contribution in [1.29, 1.82) is 0 Å². The molecule has 1 amide bonds. The first-order valence-electron chi connectivity index (χ1n) is 7.93. The summed E-state index contributed by atoms with van der Waals surface area (Å²) in [6.45, 7) is 3.40. The standard InChI is InChI=1S/C18H25N5O/c1-13-7-6-8-14(11-13)16-20-12-15(17(21-16)23(4)5)18(24)19-9-10-22(2)3/h6-8,11-12H,9-10H2,1-5H3,(H,19,24). The van der Waals surface area contributed by atoms with Crippen molar-refractivity contribution in [1.82, 2.24) is 20.2 Å². The molecule has 0 spiro atoms. The Morgan fingerprint density at radius 2 is 1.96 bits per heavy atom. The van der Waals surface area contributed by atoms with Crippen molar-refractivity contribution in [3.8, 4) is 11.4 Å². The minimum atomic E-state index is -0.156. The average molecular weight is 327 g/mol. The molecule has 2 aromatic rings. The highest BCUT2D eigenvalue weighted by Gasteiger charge is 2.16. The topological polar surface area (TPSA) is 61.4 Å². The van der Waals surface area contributed by atoms with Gasteiger partial charge >= 0.3 is 0 Å². The zero-order valence-electron chi connectivity index (χ0n) is 15.0. The number of hydrogen-bond acceptors (Lipinski definition) is 5. The van der Waals surface area contributed by atoms with Crippen LogP contribution in [0.25, 0.3) is 11.4 Å². The van der Waals surface area contributed by atoms with Gasteiger partial charge in [-0.2, -0.15) is 0 Å². The van der Waals surface area contributed by atoms with E-state index in [1.807, 2.05) is 69.2 Å². The van der Waals surface area contributed by atoms with E-state index in [0.29, 0.717) is 23.8 Å². The van der Waals surface area contributed by atoms with Crippen LogP contribution in [0.4, 0.5) is 5.82 Å². The van der Waals surface area contributed by atoms with Gasteiger partial charge in [0.1, 0.15) is 11.4 Å². The molecule has 0 saturated carbocycles. The van der Waals surface area contributed by atoms with Crippen molar-refractivity contribution in [3.05, 3.63) is 41.6 Å². The molecule has 0 atom stereocenters. The summed E-state index contributed by atoms with van der Waals surface area (Å²) in [4.78, 5) is 25.3. The number of carbonyl (C=O) groups excluding carboxylic acids is 1. The molecule has 128 valence electrons. The van der Waals surface area contributed by atoms with Gasteiger partial charge in [0.2, 0.25) is 0 Å². The summed E-state index contributed by atoms with van der Waals surface area (Å²) in [7, 11) is 7.69. The van der Waals surface area contributed by atoms with Crippen molar-refractivity contribution in [2.24, 2.45) is 0 Å². The average Bonchev–Trinajstić information content (AvgIpc) is 2.53. The monoisotopic (exact) mass is 327 g/mol. The predicted molar refractivity (Wildman–Crippen MR) is 97.4 cm³/mol. The molecule has 6 heteroatoms. The van der Waals surface area contributed by atoms with E-state index in [-0.39, 0.29) is 5.91 Å². The van der Waals surface area contributed by atoms with Gasteiger partial charge < -0.3 is 15.1 Å². The van der Waals surface area contributed by atoms with Crippen molar-refractivity contribution < 1.29 is 4.79 Å². The third-order valence-electron chi connectivity index (χ3n) is 3.56. The second-order valence-electron chi connectivity index (χ2n) is 6.25. The van der Waals surface area contributed by atoms with Crippen LogP contribution in [0.15, 0.2) is 30.5 Å². The summed E-state index contributed by atoms with van der Waals surface area (Å²) in [6.07, 6.45) is 1.60. The molecule has 0 aliphatic heterocycles. The Balaban J connectivity index is 2.28. The highest BCUT2D eigenvalue weighted by molar-refractivity contribution is 5.98. The maximum atomic E-state index is 12.4. The van der Waals surface area contributed by atoms with E-state index in [1.165, 1.54) is 0 Å². The molecular weight excluding hydrogens is 302 g/mol. The van der Waals surface area contributed by atoms with E-state index in [4.69, 9.17) is 0 Å². The first-order valence-corrected chi connectivity index (χ1v) is 7.93. The van der Waals surface area contributed by atoms with Gasteiger partial charge in [0.05, 0.1) is 0 Å². The highest BCUT2D eigenvalue weighted by atomic mass is 16.1.